The third-order valence-electron chi connectivity index (χ3n) is 3.89. The minimum atomic E-state index is -4.71. The van der Waals surface area contributed by atoms with Crippen molar-refractivity contribution in [2.75, 3.05) is 10.7 Å². The second kappa shape index (κ2) is 8.61. The van der Waals surface area contributed by atoms with E-state index in [9.17, 15) is 32.5 Å². The van der Waals surface area contributed by atoms with E-state index >= 15 is 0 Å². The van der Waals surface area contributed by atoms with E-state index in [1.54, 1.807) is 0 Å². The van der Waals surface area contributed by atoms with Gasteiger partial charge in [0.2, 0.25) is 11.6 Å². The van der Waals surface area contributed by atoms with Gasteiger partial charge in [-0.15, -0.1) is 0 Å². The molecule has 0 unspecified atom stereocenters. The van der Waals surface area contributed by atoms with Crippen LogP contribution in [0, 0.1) is 15.9 Å². The highest BCUT2D eigenvalue weighted by Gasteiger charge is 2.34. The van der Waals surface area contributed by atoms with Gasteiger partial charge in [0.05, 0.1) is 16.2 Å². The first-order valence-electron chi connectivity index (χ1n) is 8.41. The SMILES string of the molecule is O=C(NNc1ncnc(Nc2ccccc2C(F)(F)F)c1[N+](=O)[O-])c1ccc(F)cc1. The Labute approximate surface area is 171 Å². The summed E-state index contributed by atoms with van der Waals surface area (Å²) in [7, 11) is 0. The number of rotatable bonds is 6. The lowest BCUT2D eigenvalue weighted by Crippen LogP contribution is -2.30. The Balaban J connectivity index is 1.88. The van der Waals surface area contributed by atoms with Gasteiger partial charge in [0.15, 0.2) is 0 Å². The van der Waals surface area contributed by atoms with E-state index in [1.165, 1.54) is 24.3 Å². The van der Waals surface area contributed by atoms with Gasteiger partial charge in [0.1, 0.15) is 12.1 Å². The van der Waals surface area contributed by atoms with Crippen LogP contribution in [0.15, 0.2) is 54.9 Å². The number of amides is 1. The van der Waals surface area contributed by atoms with E-state index in [-0.39, 0.29) is 5.56 Å². The van der Waals surface area contributed by atoms with Crippen molar-refractivity contribution >= 4 is 28.9 Å². The number of aromatic nitrogens is 2. The fourth-order valence-electron chi connectivity index (χ4n) is 2.49. The number of nitrogens with zero attached hydrogens (tertiary/aromatic N) is 3. The fourth-order valence-corrected chi connectivity index (χ4v) is 2.49. The van der Waals surface area contributed by atoms with Crippen LogP contribution < -0.4 is 16.2 Å². The monoisotopic (exact) mass is 436 g/mol. The molecule has 1 aromatic heterocycles. The Morgan fingerprint density at radius 3 is 2.29 bits per heavy atom. The van der Waals surface area contributed by atoms with E-state index in [1.807, 2.05) is 0 Å². The Kier molecular flexibility index (Phi) is 5.95. The summed E-state index contributed by atoms with van der Waals surface area (Å²) < 4.78 is 52.5. The standard InChI is InChI=1S/C18H12F4N6O3/c19-11-7-5-10(6-8-11)17(29)27-26-16-14(28(30)31)15(23-9-24-16)25-13-4-2-1-3-12(13)18(20,21)22/h1-9H,(H,27,29)(H2,23,24,25,26). The summed E-state index contributed by atoms with van der Waals surface area (Å²) in [6, 6.07) is 8.82. The average molecular weight is 436 g/mol. The highest BCUT2D eigenvalue weighted by atomic mass is 19.4. The summed E-state index contributed by atoms with van der Waals surface area (Å²) in [4.78, 5) is 30.0. The Morgan fingerprint density at radius 2 is 1.65 bits per heavy atom. The van der Waals surface area contributed by atoms with Gasteiger partial charge in [-0.2, -0.15) is 13.2 Å². The summed E-state index contributed by atoms with van der Waals surface area (Å²) in [6.45, 7) is 0. The number of hydrogen-bond donors (Lipinski definition) is 3. The predicted octanol–water partition coefficient (Wildman–Crippen LogP) is 4.04. The first kappa shape index (κ1) is 21.4. The largest absolute Gasteiger partial charge is 0.418 e. The number of nitro groups is 1. The van der Waals surface area contributed by atoms with Crippen LogP contribution in [0.5, 0.6) is 0 Å². The number of anilines is 3. The molecule has 0 saturated carbocycles. The molecule has 9 nitrogen and oxygen atoms in total. The zero-order valence-corrected chi connectivity index (χ0v) is 15.3. The van der Waals surface area contributed by atoms with Crippen molar-refractivity contribution in [3.63, 3.8) is 0 Å². The number of carbonyl (C=O) groups is 1. The first-order valence-corrected chi connectivity index (χ1v) is 8.41. The number of benzene rings is 2. The van der Waals surface area contributed by atoms with Crippen molar-refractivity contribution in [2.24, 2.45) is 0 Å². The average Bonchev–Trinajstić information content (AvgIpc) is 2.72. The molecule has 0 aliphatic carbocycles. The van der Waals surface area contributed by atoms with E-state index in [0.29, 0.717) is 0 Å². The Hall–Kier alpha value is -4.29. The highest BCUT2D eigenvalue weighted by molar-refractivity contribution is 5.95. The molecule has 0 bridgehead atoms. The first-order chi connectivity index (χ1) is 14.7. The van der Waals surface area contributed by atoms with Gasteiger partial charge >= 0.3 is 11.9 Å². The van der Waals surface area contributed by atoms with Crippen LogP contribution in [-0.4, -0.2) is 20.8 Å². The molecule has 0 spiro atoms. The van der Waals surface area contributed by atoms with Crippen LogP contribution in [0.2, 0.25) is 0 Å². The molecule has 160 valence electrons. The fraction of sp³-hybridized carbons (Fsp3) is 0.0556. The molecule has 0 aliphatic heterocycles. The number of hydrogen-bond acceptors (Lipinski definition) is 7. The topological polar surface area (TPSA) is 122 Å². The lowest BCUT2D eigenvalue weighted by Gasteiger charge is -2.14. The summed E-state index contributed by atoms with van der Waals surface area (Å²) in [5, 5.41) is 13.8. The number of carbonyl (C=O) groups excluding carboxylic acids is 1. The molecule has 2 aromatic carbocycles. The molecular weight excluding hydrogens is 424 g/mol. The van der Waals surface area contributed by atoms with Crippen LogP contribution in [0.25, 0.3) is 0 Å². The number of nitrogens with one attached hydrogen (secondary N) is 3. The lowest BCUT2D eigenvalue weighted by atomic mass is 10.1. The Bertz CT molecular complexity index is 1120. The van der Waals surface area contributed by atoms with Gasteiger partial charge in [-0.05, 0) is 36.4 Å². The predicted molar refractivity (Wildman–Crippen MR) is 101 cm³/mol. The summed E-state index contributed by atoms with van der Waals surface area (Å²) >= 11 is 0. The molecule has 0 aliphatic rings. The third-order valence-corrected chi connectivity index (χ3v) is 3.89. The molecule has 3 aromatic rings. The maximum atomic E-state index is 13.2. The number of halogens is 4. The summed E-state index contributed by atoms with van der Waals surface area (Å²) in [6.07, 6.45) is -3.85. The van der Waals surface area contributed by atoms with Crippen molar-refractivity contribution in [3.05, 3.63) is 81.9 Å². The van der Waals surface area contributed by atoms with Crippen LogP contribution in [0.4, 0.5) is 40.6 Å². The molecule has 0 radical (unpaired) electrons. The molecule has 1 amide bonds. The molecule has 0 atom stereocenters. The summed E-state index contributed by atoms with van der Waals surface area (Å²) in [5.41, 5.74) is 2.10. The third kappa shape index (κ3) is 5.01. The zero-order valence-electron chi connectivity index (χ0n) is 15.3. The maximum absolute atomic E-state index is 13.2. The maximum Gasteiger partial charge on any atom is 0.418 e. The molecule has 0 fully saturated rings. The van der Waals surface area contributed by atoms with Gasteiger partial charge in [-0.25, -0.2) is 14.4 Å². The van der Waals surface area contributed by atoms with Gasteiger partial charge in [0, 0.05) is 5.56 Å². The molecule has 0 saturated heterocycles. The van der Waals surface area contributed by atoms with Crippen molar-refractivity contribution in [3.8, 4) is 0 Å². The molecule has 3 rings (SSSR count). The van der Waals surface area contributed by atoms with Crippen LogP contribution in [-0.2, 0) is 6.18 Å². The van der Waals surface area contributed by atoms with E-state index in [4.69, 9.17) is 0 Å². The van der Waals surface area contributed by atoms with Crippen LogP contribution >= 0.6 is 0 Å². The minimum absolute atomic E-state index is 0.0445. The van der Waals surface area contributed by atoms with E-state index in [0.717, 1.165) is 30.6 Å². The summed E-state index contributed by atoms with van der Waals surface area (Å²) in [5.74, 6) is -2.34. The second-order valence-corrected chi connectivity index (χ2v) is 5.93. The molecule has 31 heavy (non-hydrogen) atoms. The molecule has 13 heteroatoms. The lowest BCUT2D eigenvalue weighted by molar-refractivity contribution is -0.383. The molecular formula is C18H12F4N6O3. The number of para-hydroxylation sites is 1. The van der Waals surface area contributed by atoms with Crippen molar-refractivity contribution in [2.45, 2.75) is 6.18 Å². The smallest absolute Gasteiger partial charge is 0.334 e. The van der Waals surface area contributed by atoms with Crippen molar-refractivity contribution < 1.29 is 27.3 Å². The Morgan fingerprint density at radius 1 is 1.00 bits per heavy atom. The number of hydrazine groups is 1. The minimum Gasteiger partial charge on any atom is -0.334 e. The van der Waals surface area contributed by atoms with Crippen LogP contribution in [0.3, 0.4) is 0 Å². The van der Waals surface area contributed by atoms with Gasteiger partial charge in [-0.1, -0.05) is 12.1 Å². The highest BCUT2D eigenvalue weighted by Crippen LogP contribution is 2.38. The number of alkyl halides is 3. The van der Waals surface area contributed by atoms with E-state index < -0.39 is 51.4 Å². The van der Waals surface area contributed by atoms with Crippen molar-refractivity contribution in [1.29, 1.82) is 0 Å². The van der Waals surface area contributed by atoms with Gasteiger partial charge < -0.3 is 5.32 Å². The zero-order chi connectivity index (χ0) is 22.6. The van der Waals surface area contributed by atoms with Crippen LogP contribution in [0.1, 0.15) is 15.9 Å². The normalized spacial score (nSPS) is 11.0. The van der Waals surface area contributed by atoms with E-state index in [2.05, 4.69) is 26.1 Å². The van der Waals surface area contributed by atoms with Gasteiger partial charge in [0.25, 0.3) is 5.91 Å². The molecule has 3 N–H and O–H groups in total. The quantitative estimate of drug-likeness (QED) is 0.303. The molecule has 1 heterocycles. The van der Waals surface area contributed by atoms with Crippen molar-refractivity contribution in [1.82, 2.24) is 15.4 Å². The second-order valence-electron chi connectivity index (χ2n) is 5.93. The van der Waals surface area contributed by atoms with Gasteiger partial charge in [-0.3, -0.25) is 25.8 Å².